The fraction of sp³-hybridized carbons (Fsp3) is 0.0500. The van der Waals surface area contributed by atoms with Gasteiger partial charge < -0.3 is 0 Å². The average molecular weight is 379 g/mol. The van der Waals surface area contributed by atoms with Gasteiger partial charge in [-0.2, -0.15) is 23.4 Å². The molecule has 0 aliphatic heterocycles. The summed E-state index contributed by atoms with van der Waals surface area (Å²) < 4.78 is 40.0. The Morgan fingerprint density at radius 2 is 1.75 bits per heavy atom. The first-order valence-corrected chi connectivity index (χ1v) is 8.46. The second-order valence-corrected chi connectivity index (χ2v) is 6.36. The Balaban J connectivity index is 1.87. The van der Waals surface area contributed by atoms with Gasteiger partial charge in [0.15, 0.2) is 5.69 Å². The molecule has 3 heterocycles. The molecule has 0 radical (unpaired) electrons. The van der Waals surface area contributed by atoms with E-state index in [1.807, 2.05) is 36.4 Å². The van der Waals surface area contributed by atoms with Crippen LogP contribution < -0.4 is 0 Å². The molecule has 0 saturated carbocycles. The van der Waals surface area contributed by atoms with Crippen molar-refractivity contribution in [3.05, 3.63) is 66.6 Å². The van der Waals surface area contributed by atoms with E-state index >= 15 is 0 Å². The average Bonchev–Trinajstić information content (AvgIpc) is 3.36. The molecule has 0 amide bonds. The van der Waals surface area contributed by atoms with Crippen molar-refractivity contribution in [1.82, 2.24) is 25.4 Å². The first-order valence-electron chi connectivity index (χ1n) is 8.46. The number of fused-ring (bicyclic) bond motifs is 3. The Kier molecular flexibility index (Phi) is 3.48. The number of nitrogens with one attached hydrogen (secondary N) is 2. The third-order valence-corrected chi connectivity index (χ3v) is 4.66. The van der Waals surface area contributed by atoms with E-state index < -0.39 is 11.9 Å². The molecule has 0 atom stereocenters. The summed E-state index contributed by atoms with van der Waals surface area (Å²) in [6, 6.07) is 14.7. The number of rotatable bonds is 2. The van der Waals surface area contributed by atoms with Crippen molar-refractivity contribution in [3.8, 4) is 22.4 Å². The fourth-order valence-corrected chi connectivity index (χ4v) is 3.44. The van der Waals surface area contributed by atoms with Gasteiger partial charge in [0.25, 0.3) is 0 Å². The quantitative estimate of drug-likeness (QED) is 0.444. The predicted molar refractivity (Wildman–Crippen MR) is 99.4 cm³/mol. The van der Waals surface area contributed by atoms with Gasteiger partial charge in [-0.3, -0.25) is 10.2 Å². The Labute approximate surface area is 156 Å². The second-order valence-electron chi connectivity index (χ2n) is 6.36. The molecule has 138 valence electrons. The monoisotopic (exact) mass is 379 g/mol. The van der Waals surface area contributed by atoms with Gasteiger partial charge in [0.05, 0.1) is 28.5 Å². The Hall–Kier alpha value is -3.68. The van der Waals surface area contributed by atoms with Crippen LogP contribution in [0.1, 0.15) is 5.69 Å². The van der Waals surface area contributed by atoms with Gasteiger partial charge in [-0.25, -0.2) is 4.98 Å². The summed E-state index contributed by atoms with van der Waals surface area (Å²) in [5.41, 5.74) is 2.21. The molecular weight excluding hydrogens is 367 g/mol. The maximum absolute atomic E-state index is 13.3. The molecule has 2 N–H and O–H groups in total. The number of halogens is 3. The highest BCUT2D eigenvalue weighted by molar-refractivity contribution is 6.12. The van der Waals surface area contributed by atoms with Crippen molar-refractivity contribution in [2.75, 3.05) is 0 Å². The first-order chi connectivity index (χ1) is 13.5. The lowest BCUT2D eigenvalue weighted by Gasteiger charge is -2.12. The minimum atomic E-state index is -4.58. The van der Waals surface area contributed by atoms with Crippen molar-refractivity contribution in [2.24, 2.45) is 0 Å². The molecule has 5 aromatic rings. The smallest absolute Gasteiger partial charge is 0.284 e. The lowest BCUT2D eigenvalue weighted by Crippen LogP contribution is -2.07. The molecule has 0 spiro atoms. The molecule has 28 heavy (non-hydrogen) atoms. The van der Waals surface area contributed by atoms with Crippen molar-refractivity contribution in [2.45, 2.75) is 6.18 Å². The van der Waals surface area contributed by atoms with Crippen LogP contribution >= 0.6 is 0 Å². The van der Waals surface area contributed by atoms with E-state index in [1.54, 1.807) is 18.3 Å². The standard InChI is InChI=1S/C20H12F3N5/c21-20(22,23)19-14(10-25-28-19)17-8-12(11-4-2-1-3-5-11)18-13-9-24-27-15(13)6-7-16(18)26-17/h1-10H,(H,24,27)(H,25,28). The zero-order valence-electron chi connectivity index (χ0n) is 14.2. The van der Waals surface area contributed by atoms with Crippen LogP contribution in [0, 0.1) is 0 Å². The number of hydrogen-bond acceptors (Lipinski definition) is 3. The largest absolute Gasteiger partial charge is 0.435 e. The lowest BCUT2D eigenvalue weighted by molar-refractivity contribution is -0.140. The predicted octanol–water partition coefficient (Wildman–Crippen LogP) is 5.19. The maximum Gasteiger partial charge on any atom is 0.435 e. The van der Waals surface area contributed by atoms with E-state index in [9.17, 15) is 13.2 Å². The number of alkyl halides is 3. The molecule has 3 aromatic heterocycles. The van der Waals surface area contributed by atoms with E-state index in [0.29, 0.717) is 5.52 Å². The van der Waals surface area contributed by atoms with Crippen LogP contribution in [0.15, 0.2) is 60.9 Å². The van der Waals surface area contributed by atoms with Crippen LogP contribution in [0.4, 0.5) is 13.2 Å². The molecule has 5 rings (SSSR count). The van der Waals surface area contributed by atoms with Gasteiger partial charge in [-0.05, 0) is 29.3 Å². The molecule has 0 unspecified atom stereocenters. The fourth-order valence-electron chi connectivity index (χ4n) is 3.44. The minimum Gasteiger partial charge on any atom is -0.284 e. The molecule has 0 aliphatic rings. The highest BCUT2D eigenvalue weighted by Crippen LogP contribution is 2.39. The number of hydrogen-bond donors (Lipinski definition) is 2. The van der Waals surface area contributed by atoms with Crippen LogP contribution in [0.5, 0.6) is 0 Å². The molecule has 8 heteroatoms. The van der Waals surface area contributed by atoms with Gasteiger partial charge in [0, 0.05) is 17.0 Å². The van der Waals surface area contributed by atoms with Crippen LogP contribution in [0.2, 0.25) is 0 Å². The van der Waals surface area contributed by atoms with Gasteiger partial charge in [0.1, 0.15) is 0 Å². The number of nitrogens with zero attached hydrogens (tertiary/aromatic N) is 3. The van der Waals surface area contributed by atoms with Crippen molar-refractivity contribution >= 4 is 21.8 Å². The van der Waals surface area contributed by atoms with Gasteiger partial charge in [-0.15, -0.1) is 0 Å². The summed E-state index contributed by atoms with van der Waals surface area (Å²) in [7, 11) is 0. The highest BCUT2D eigenvalue weighted by Gasteiger charge is 2.37. The summed E-state index contributed by atoms with van der Waals surface area (Å²) in [6.07, 6.45) is -1.65. The number of aromatic amines is 2. The van der Waals surface area contributed by atoms with Crippen LogP contribution in [-0.2, 0) is 6.18 Å². The number of benzene rings is 2. The summed E-state index contributed by atoms with van der Waals surface area (Å²) in [5, 5.41) is 14.4. The summed E-state index contributed by atoms with van der Waals surface area (Å²) in [5.74, 6) is 0. The zero-order valence-corrected chi connectivity index (χ0v) is 14.2. The van der Waals surface area contributed by atoms with Gasteiger partial charge >= 0.3 is 6.18 Å². The molecule has 0 aliphatic carbocycles. The molecule has 0 fully saturated rings. The molecular formula is C20H12F3N5. The highest BCUT2D eigenvalue weighted by atomic mass is 19.4. The van der Waals surface area contributed by atoms with Crippen molar-refractivity contribution in [1.29, 1.82) is 0 Å². The van der Waals surface area contributed by atoms with Crippen LogP contribution in [-0.4, -0.2) is 25.4 Å². The maximum atomic E-state index is 13.3. The van der Waals surface area contributed by atoms with Crippen LogP contribution in [0.25, 0.3) is 44.2 Å². The molecule has 2 aromatic carbocycles. The zero-order chi connectivity index (χ0) is 19.3. The van der Waals surface area contributed by atoms with Gasteiger partial charge in [-0.1, -0.05) is 30.3 Å². The molecule has 0 bridgehead atoms. The second kappa shape index (κ2) is 5.91. The Morgan fingerprint density at radius 3 is 2.54 bits per heavy atom. The minimum absolute atomic E-state index is 0.0844. The molecule has 5 nitrogen and oxygen atoms in total. The summed E-state index contributed by atoms with van der Waals surface area (Å²) in [4.78, 5) is 4.51. The Morgan fingerprint density at radius 1 is 0.929 bits per heavy atom. The van der Waals surface area contributed by atoms with E-state index in [2.05, 4.69) is 25.4 Å². The number of pyridine rings is 1. The first kappa shape index (κ1) is 16.5. The SMILES string of the molecule is FC(F)(F)c1n[nH]cc1-c1cc(-c2ccccc2)c2c(ccc3[nH]ncc32)n1. The topological polar surface area (TPSA) is 70.2 Å². The number of aromatic nitrogens is 5. The van der Waals surface area contributed by atoms with E-state index in [1.165, 1.54) is 6.20 Å². The number of H-pyrrole nitrogens is 2. The van der Waals surface area contributed by atoms with Crippen molar-refractivity contribution in [3.63, 3.8) is 0 Å². The third-order valence-electron chi connectivity index (χ3n) is 4.66. The van der Waals surface area contributed by atoms with E-state index in [0.717, 1.165) is 27.4 Å². The normalized spacial score (nSPS) is 12.1. The summed E-state index contributed by atoms with van der Waals surface area (Å²) >= 11 is 0. The lowest BCUT2D eigenvalue weighted by atomic mass is 9.96. The summed E-state index contributed by atoms with van der Waals surface area (Å²) in [6.45, 7) is 0. The Bertz CT molecular complexity index is 1300. The van der Waals surface area contributed by atoms with E-state index in [4.69, 9.17) is 0 Å². The van der Waals surface area contributed by atoms with E-state index in [-0.39, 0.29) is 11.3 Å². The van der Waals surface area contributed by atoms with Crippen LogP contribution in [0.3, 0.4) is 0 Å². The van der Waals surface area contributed by atoms with Crippen molar-refractivity contribution < 1.29 is 13.2 Å². The van der Waals surface area contributed by atoms with Gasteiger partial charge in [0.2, 0.25) is 0 Å². The third kappa shape index (κ3) is 2.53. The molecule has 0 saturated heterocycles.